The topological polar surface area (TPSA) is 30.5 Å². The molecule has 1 aromatic carbocycles. The zero-order chi connectivity index (χ0) is 14.5. The molecule has 1 aliphatic carbocycles. The van der Waals surface area contributed by atoms with Crippen molar-refractivity contribution in [3.8, 4) is 5.75 Å². The molecule has 1 fully saturated rings. The van der Waals surface area contributed by atoms with Crippen LogP contribution in [0, 0.1) is 5.92 Å². The summed E-state index contributed by atoms with van der Waals surface area (Å²) >= 11 is 0. The van der Waals surface area contributed by atoms with Crippen LogP contribution in [0.4, 0.5) is 0 Å². The van der Waals surface area contributed by atoms with E-state index in [-0.39, 0.29) is 0 Å². The second-order valence-corrected chi connectivity index (χ2v) is 6.08. The van der Waals surface area contributed by atoms with E-state index in [9.17, 15) is 0 Å². The molecule has 3 heteroatoms. The maximum atomic E-state index is 5.45. The Hall–Kier alpha value is -1.06. The zero-order valence-electron chi connectivity index (χ0n) is 13.1. The van der Waals surface area contributed by atoms with Crippen LogP contribution >= 0.6 is 0 Å². The van der Waals surface area contributed by atoms with Crippen LogP contribution in [0.25, 0.3) is 0 Å². The quantitative estimate of drug-likeness (QED) is 0.830. The van der Waals surface area contributed by atoms with Gasteiger partial charge in [-0.25, -0.2) is 0 Å². The molecular weight excluding hydrogens is 250 g/mol. The van der Waals surface area contributed by atoms with Crippen LogP contribution < -0.4 is 10.1 Å². The van der Waals surface area contributed by atoms with Gasteiger partial charge in [-0.3, -0.25) is 0 Å². The van der Waals surface area contributed by atoms with E-state index in [1.807, 2.05) is 6.07 Å². The van der Waals surface area contributed by atoms with Gasteiger partial charge in [0.25, 0.3) is 0 Å². The van der Waals surface area contributed by atoms with E-state index in [0.29, 0.717) is 23.9 Å². The van der Waals surface area contributed by atoms with Crippen LogP contribution in [-0.2, 0) is 4.74 Å². The Morgan fingerprint density at radius 3 is 2.50 bits per heavy atom. The second-order valence-electron chi connectivity index (χ2n) is 6.08. The van der Waals surface area contributed by atoms with Gasteiger partial charge in [0.05, 0.1) is 13.7 Å². The van der Waals surface area contributed by atoms with Crippen molar-refractivity contribution >= 4 is 0 Å². The van der Waals surface area contributed by atoms with Gasteiger partial charge in [0, 0.05) is 19.2 Å². The average molecular weight is 277 g/mol. The predicted molar refractivity (Wildman–Crippen MR) is 82.4 cm³/mol. The lowest BCUT2D eigenvalue weighted by molar-refractivity contribution is 0.125. The second kappa shape index (κ2) is 7.09. The van der Waals surface area contributed by atoms with Gasteiger partial charge in [0.1, 0.15) is 5.75 Å². The Morgan fingerprint density at radius 1 is 1.20 bits per heavy atom. The van der Waals surface area contributed by atoms with Crippen molar-refractivity contribution in [2.75, 3.05) is 20.8 Å². The third-order valence-corrected chi connectivity index (χ3v) is 4.32. The fourth-order valence-corrected chi connectivity index (χ4v) is 2.93. The van der Waals surface area contributed by atoms with Gasteiger partial charge >= 0.3 is 0 Å². The van der Waals surface area contributed by atoms with Gasteiger partial charge in [-0.1, -0.05) is 32.0 Å². The summed E-state index contributed by atoms with van der Waals surface area (Å²) in [5.41, 5.74) is 1.35. The van der Waals surface area contributed by atoms with Gasteiger partial charge in [-0.15, -0.1) is 0 Å². The molecule has 3 nitrogen and oxygen atoms in total. The predicted octanol–water partition coefficient (Wildman–Crippen LogP) is 3.20. The standard InChI is InChI=1S/C17H27NO2/c1-12(2)16(11-19-3)18-14-9-13(10-14)15-7-5-6-8-17(15)20-4/h5-8,12-14,16,18H,9-11H2,1-4H3. The molecule has 0 aliphatic heterocycles. The number of ether oxygens (including phenoxy) is 2. The minimum Gasteiger partial charge on any atom is -0.496 e. The molecule has 0 bridgehead atoms. The van der Waals surface area contributed by atoms with Crippen molar-refractivity contribution in [2.24, 2.45) is 5.92 Å². The molecule has 2 rings (SSSR count). The summed E-state index contributed by atoms with van der Waals surface area (Å²) in [6.45, 7) is 5.27. The fraction of sp³-hybridized carbons (Fsp3) is 0.647. The Morgan fingerprint density at radius 2 is 1.90 bits per heavy atom. The molecule has 1 aliphatic rings. The van der Waals surface area contributed by atoms with Gasteiger partial charge in [0.15, 0.2) is 0 Å². The van der Waals surface area contributed by atoms with Gasteiger partial charge in [-0.05, 0) is 36.3 Å². The molecule has 1 aromatic rings. The van der Waals surface area contributed by atoms with E-state index in [0.717, 1.165) is 12.4 Å². The minimum atomic E-state index is 0.448. The largest absolute Gasteiger partial charge is 0.496 e. The molecule has 1 saturated carbocycles. The van der Waals surface area contributed by atoms with Crippen LogP contribution in [-0.4, -0.2) is 32.9 Å². The number of nitrogens with one attached hydrogen (secondary N) is 1. The lowest BCUT2D eigenvalue weighted by Crippen LogP contribution is -2.49. The van der Waals surface area contributed by atoms with Crippen LogP contribution in [0.5, 0.6) is 5.75 Å². The number of benzene rings is 1. The van der Waals surface area contributed by atoms with Crippen LogP contribution in [0.15, 0.2) is 24.3 Å². The first kappa shape index (κ1) is 15.3. The Bertz CT molecular complexity index is 413. The molecule has 0 spiro atoms. The van der Waals surface area contributed by atoms with Crippen molar-refractivity contribution in [2.45, 2.75) is 44.7 Å². The number of rotatable bonds is 7. The number of para-hydroxylation sites is 1. The van der Waals surface area contributed by atoms with Crippen molar-refractivity contribution in [3.63, 3.8) is 0 Å². The van der Waals surface area contributed by atoms with Crippen molar-refractivity contribution in [1.82, 2.24) is 5.32 Å². The molecule has 20 heavy (non-hydrogen) atoms. The summed E-state index contributed by atoms with van der Waals surface area (Å²) in [5, 5.41) is 3.73. The van der Waals surface area contributed by atoms with E-state index >= 15 is 0 Å². The summed E-state index contributed by atoms with van der Waals surface area (Å²) in [5.74, 6) is 2.24. The van der Waals surface area contributed by atoms with Crippen molar-refractivity contribution in [3.05, 3.63) is 29.8 Å². The monoisotopic (exact) mass is 277 g/mol. The molecule has 0 radical (unpaired) electrons. The van der Waals surface area contributed by atoms with E-state index in [1.54, 1.807) is 14.2 Å². The molecule has 0 saturated heterocycles. The molecule has 0 aromatic heterocycles. The third-order valence-electron chi connectivity index (χ3n) is 4.32. The summed E-state index contributed by atoms with van der Waals surface area (Å²) < 4.78 is 10.8. The van der Waals surface area contributed by atoms with Crippen molar-refractivity contribution in [1.29, 1.82) is 0 Å². The molecule has 1 atom stereocenters. The highest BCUT2D eigenvalue weighted by Crippen LogP contribution is 2.41. The summed E-state index contributed by atoms with van der Waals surface area (Å²) in [6.07, 6.45) is 2.38. The lowest BCUT2D eigenvalue weighted by Gasteiger charge is -2.40. The summed E-state index contributed by atoms with van der Waals surface area (Å²) in [4.78, 5) is 0. The molecule has 1 N–H and O–H groups in total. The minimum absolute atomic E-state index is 0.448. The smallest absolute Gasteiger partial charge is 0.122 e. The lowest BCUT2D eigenvalue weighted by atomic mass is 9.75. The maximum absolute atomic E-state index is 5.45. The van der Waals surface area contributed by atoms with Crippen LogP contribution in [0.3, 0.4) is 0 Å². The van der Waals surface area contributed by atoms with Crippen LogP contribution in [0.1, 0.15) is 38.2 Å². The number of hydrogen-bond donors (Lipinski definition) is 1. The van der Waals surface area contributed by atoms with E-state index < -0.39 is 0 Å². The first-order valence-corrected chi connectivity index (χ1v) is 7.53. The first-order valence-electron chi connectivity index (χ1n) is 7.53. The molecule has 0 amide bonds. The highest BCUT2D eigenvalue weighted by molar-refractivity contribution is 5.37. The van der Waals surface area contributed by atoms with E-state index in [2.05, 4.69) is 37.4 Å². The summed E-state index contributed by atoms with van der Waals surface area (Å²) in [7, 11) is 3.52. The SMILES string of the molecule is COCC(NC1CC(c2ccccc2OC)C1)C(C)C. The van der Waals surface area contributed by atoms with Gasteiger partial charge in [-0.2, -0.15) is 0 Å². The van der Waals surface area contributed by atoms with Gasteiger partial charge in [0.2, 0.25) is 0 Å². The highest BCUT2D eigenvalue weighted by atomic mass is 16.5. The maximum Gasteiger partial charge on any atom is 0.122 e. The third kappa shape index (κ3) is 3.53. The van der Waals surface area contributed by atoms with E-state index in [4.69, 9.17) is 9.47 Å². The first-order chi connectivity index (χ1) is 9.65. The average Bonchev–Trinajstić information content (AvgIpc) is 2.40. The molecule has 112 valence electrons. The van der Waals surface area contributed by atoms with Gasteiger partial charge < -0.3 is 14.8 Å². The Kier molecular flexibility index (Phi) is 5.44. The normalized spacial score (nSPS) is 23.4. The Balaban J connectivity index is 1.88. The Labute approximate surface area is 122 Å². The van der Waals surface area contributed by atoms with Crippen molar-refractivity contribution < 1.29 is 9.47 Å². The molecule has 1 unspecified atom stereocenters. The highest BCUT2D eigenvalue weighted by Gasteiger charge is 2.33. The zero-order valence-corrected chi connectivity index (χ0v) is 13.1. The molecular formula is C17H27NO2. The summed E-state index contributed by atoms with van der Waals surface area (Å²) in [6, 6.07) is 9.42. The molecule has 0 heterocycles. The van der Waals surface area contributed by atoms with E-state index in [1.165, 1.54) is 18.4 Å². The van der Waals surface area contributed by atoms with Crippen LogP contribution in [0.2, 0.25) is 0 Å². The number of hydrogen-bond acceptors (Lipinski definition) is 3. The fourth-order valence-electron chi connectivity index (χ4n) is 2.93. The number of methoxy groups -OCH3 is 2.